The molecule has 2 aromatic rings. The van der Waals surface area contributed by atoms with E-state index in [4.69, 9.17) is 5.26 Å². The Morgan fingerprint density at radius 1 is 1.00 bits per heavy atom. The van der Waals surface area contributed by atoms with Gasteiger partial charge in [0.05, 0.1) is 17.4 Å². The first-order valence-corrected chi connectivity index (χ1v) is 7.14. The lowest BCUT2D eigenvalue weighted by molar-refractivity contribution is 0.601. The van der Waals surface area contributed by atoms with E-state index in [1.165, 1.54) is 12.1 Å². The molecule has 4 nitrogen and oxygen atoms in total. The van der Waals surface area contributed by atoms with Crippen molar-refractivity contribution in [3.05, 3.63) is 60.2 Å². The van der Waals surface area contributed by atoms with Gasteiger partial charge in [-0.3, -0.25) is 4.72 Å². The molecule has 0 aliphatic carbocycles. The minimum atomic E-state index is -3.55. The Bertz CT molecular complexity index is 686. The normalized spacial score (nSPS) is 10.7. The van der Waals surface area contributed by atoms with Gasteiger partial charge < -0.3 is 0 Å². The molecule has 1 N–H and O–H groups in total. The maximum absolute atomic E-state index is 12.0. The number of nitrogens with one attached hydrogen (secondary N) is 1. The summed E-state index contributed by atoms with van der Waals surface area (Å²) in [6.07, 6.45) is 0.311. The van der Waals surface area contributed by atoms with E-state index >= 15 is 0 Å². The molecule has 0 unspecified atom stereocenters. The molecule has 0 amide bonds. The smallest absolute Gasteiger partial charge is 0.261 e. The summed E-state index contributed by atoms with van der Waals surface area (Å²) in [7, 11) is -3.55. The Hall–Kier alpha value is -2.32. The Kier molecular flexibility index (Phi) is 3.83. The zero-order valence-corrected chi connectivity index (χ0v) is 10.9. The third-order valence-corrected chi connectivity index (χ3v) is 3.94. The van der Waals surface area contributed by atoms with Crippen LogP contribution in [0.1, 0.15) is 5.56 Å². The van der Waals surface area contributed by atoms with E-state index in [0.717, 1.165) is 5.56 Å². The monoisotopic (exact) mass is 272 g/mol. The molecule has 19 heavy (non-hydrogen) atoms. The van der Waals surface area contributed by atoms with Gasteiger partial charge in [0, 0.05) is 5.69 Å². The van der Waals surface area contributed by atoms with Gasteiger partial charge in [0.1, 0.15) is 0 Å². The van der Waals surface area contributed by atoms with E-state index in [1.807, 2.05) is 6.07 Å². The van der Waals surface area contributed by atoms with Crippen LogP contribution in [0.25, 0.3) is 0 Å². The Labute approximate surface area is 112 Å². The highest BCUT2D eigenvalue weighted by Crippen LogP contribution is 2.16. The quantitative estimate of drug-likeness (QED) is 0.929. The van der Waals surface area contributed by atoms with Gasteiger partial charge in [-0.05, 0) is 29.8 Å². The van der Waals surface area contributed by atoms with Crippen LogP contribution >= 0.6 is 0 Å². The minimum absolute atomic E-state index is 0.219. The molecule has 2 rings (SSSR count). The second kappa shape index (κ2) is 5.55. The maximum atomic E-state index is 12.0. The van der Waals surface area contributed by atoms with Crippen LogP contribution in [-0.2, 0) is 16.4 Å². The fourth-order valence-corrected chi connectivity index (χ4v) is 2.68. The van der Waals surface area contributed by atoms with Crippen molar-refractivity contribution in [2.75, 3.05) is 4.72 Å². The zero-order valence-electron chi connectivity index (χ0n) is 10.1. The first kappa shape index (κ1) is 13.1. The largest absolute Gasteiger partial charge is 0.280 e. The van der Waals surface area contributed by atoms with Crippen LogP contribution < -0.4 is 4.72 Å². The van der Waals surface area contributed by atoms with Crippen LogP contribution in [0.3, 0.4) is 0 Å². The Morgan fingerprint density at radius 2 is 1.63 bits per heavy atom. The van der Waals surface area contributed by atoms with Crippen molar-refractivity contribution in [3.63, 3.8) is 0 Å². The predicted octanol–water partition coefficient (Wildman–Crippen LogP) is 2.55. The summed E-state index contributed by atoms with van der Waals surface area (Å²) in [4.78, 5) is 0.219. The number of rotatable bonds is 4. The molecule has 2 aromatic carbocycles. The number of benzene rings is 2. The van der Waals surface area contributed by atoms with E-state index in [9.17, 15) is 8.42 Å². The van der Waals surface area contributed by atoms with Gasteiger partial charge in [0.25, 0.3) is 10.0 Å². The van der Waals surface area contributed by atoms with Gasteiger partial charge in [-0.1, -0.05) is 30.3 Å². The fourth-order valence-electron chi connectivity index (χ4n) is 1.60. The third-order valence-electron chi connectivity index (χ3n) is 2.54. The first-order chi connectivity index (χ1) is 9.12. The van der Waals surface area contributed by atoms with Gasteiger partial charge in [0.2, 0.25) is 0 Å². The highest BCUT2D eigenvalue weighted by molar-refractivity contribution is 7.92. The third kappa shape index (κ3) is 3.33. The summed E-state index contributed by atoms with van der Waals surface area (Å²) in [5, 5.41) is 8.56. The Morgan fingerprint density at radius 3 is 2.21 bits per heavy atom. The van der Waals surface area contributed by atoms with E-state index in [-0.39, 0.29) is 4.90 Å². The molecule has 0 saturated heterocycles. The van der Waals surface area contributed by atoms with Gasteiger partial charge in [-0.15, -0.1) is 0 Å². The molecule has 0 saturated carbocycles. The molecular formula is C14H12N2O2S. The molecule has 0 aliphatic heterocycles. The lowest BCUT2D eigenvalue weighted by Crippen LogP contribution is -2.12. The van der Waals surface area contributed by atoms with E-state index in [2.05, 4.69) is 4.72 Å². The molecule has 0 bridgehead atoms. The number of hydrogen-bond donors (Lipinski definition) is 1. The highest BCUT2D eigenvalue weighted by Gasteiger charge is 2.12. The van der Waals surface area contributed by atoms with Crippen molar-refractivity contribution in [1.29, 1.82) is 5.26 Å². The second-order valence-electron chi connectivity index (χ2n) is 3.95. The van der Waals surface area contributed by atoms with Crippen LogP contribution in [-0.4, -0.2) is 8.42 Å². The molecule has 0 heterocycles. The number of sulfonamides is 1. The molecule has 0 fully saturated rings. The Balaban J connectivity index is 2.19. The predicted molar refractivity (Wildman–Crippen MR) is 73.0 cm³/mol. The molecule has 96 valence electrons. The summed E-state index contributed by atoms with van der Waals surface area (Å²) >= 11 is 0. The number of hydrogen-bond acceptors (Lipinski definition) is 3. The average Bonchev–Trinajstić information content (AvgIpc) is 2.42. The van der Waals surface area contributed by atoms with Crippen molar-refractivity contribution in [2.45, 2.75) is 11.3 Å². The highest BCUT2D eigenvalue weighted by atomic mass is 32.2. The zero-order chi connectivity index (χ0) is 13.7. The molecule has 0 aliphatic rings. The van der Waals surface area contributed by atoms with Crippen LogP contribution in [0.15, 0.2) is 59.5 Å². The molecule has 5 heteroatoms. The average molecular weight is 272 g/mol. The van der Waals surface area contributed by atoms with Crippen molar-refractivity contribution in [2.24, 2.45) is 0 Å². The minimum Gasteiger partial charge on any atom is -0.280 e. The molecule has 0 spiro atoms. The van der Waals surface area contributed by atoms with Crippen molar-refractivity contribution < 1.29 is 8.42 Å². The van der Waals surface area contributed by atoms with E-state index < -0.39 is 10.0 Å². The van der Waals surface area contributed by atoms with E-state index in [0.29, 0.717) is 12.1 Å². The van der Waals surface area contributed by atoms with Gasteiger partial charge in [-0.25, -0.2) is 8.42 Å². The summed E-state index contributed by atoms with van der Waals surface area (Å²) in [6.45, 7) is 0. The van der Waals surface area contributed by atoms with Crippen molar-refractivity contribution in [1.82, 2.24) is 0 Å². The van der Waals surface area contributed by atoms with Crippen LogP contribution in [0.2, 0.25) is 0 Å². The first-order valence-electron chi connectivity index (χ1n) is 5.65. The van der Waals surface area contributed by atoms with Crippen LogP contribution in [0.4, 0.5) is 5.69 Å². The summed E-state index contributed by atoms with van der Waals surface area (Å²) in [6, 6.07) is 17.0. The second-order valence-corrected chi connectivity index (χ2v) is 5.63. The van der Waals surface area contributed by atoms with Crippen molar-refractivity contribution in [3.8, 4) is 6.07 Å². The molecule has 0 aromatic heterocycles. The molecule has 0 atom stereocenters. The summed E-state index contributed by atoms with van der Waals surface area (Å²) < 4.78 is 26.6. The standard InChI is InChI=1S/C14H12N2O2S/c15-11-10-12-6-8-13(9-7-12)16-19(17,18)14-4-2-1-3-5-14/h1-9,16H,10H2. The maximum Gasteiger partial charge on any atom is 0.261 e. The van der Waals surface area contributed by atoms with Gasteiger partial charge >= 0.3 is 0 Å². The van der Waals surface area contributed by atoms with Crippen LogP contribution in [0, 0.1) is 11.3 Å². The number of nitriles is 1. The SMILES string of the molecule is N#CCc1ccc(NS(=O)(=O)c2ccccc2)cc1. The summed E-state index contributed by atoms with van der Waals surface area (Å²) in [5.74, 6) is 0. The van der Waals surface area contributed by atoms with E-state index in [1.54, 1.807) is 42.5 Å². The lowest BCUT2D eigenvalue weighted by atomic mass is 10.1. The fraction of sp³-hybridized carbons (Fsp3) is 0.0714. The lowest BCUT2D eigenvalue weighted by Gasteiger charge is -2.08. The van der Waals surface area contributed by atoms with Gasteiger partial charge in [-0.2, -0.15) is 5.26 Å². The molecule has 0 radical (unpaired) electrons. The number of anilines is 1. The topological polar surface area (TPSA) is 70.0 Å². The molecular weight excluding hydrogens is 260 g/mol. The van der Waals surface area contributed by atoms with Crippen LogP contribution in [0.5, 0.6) is 0 Å². The van der Waals surface area contributed by atoms with Gasteiger partial charge in [0.15, 0.2) is 0 Å². The summed E-state index contributed by atoms with van der Waals surface area (Å²) in [5.41, 5.74) is 1.33. The number of nitrogens with zero attached hydrogens (tertiary/aromatic N) is 1. The van der Waals surface area contributed by atoms with Crippen molar-refractivity contribution >= 4 is 15.7 Å².